The van der Waals surface area contributed by atoms with Crippen LogP contribution in [0.5, 0.6) is 5.75 Å². The lowest BCUT2D eigenvalue weighted by Gasteiger charge is -2.09. The number of hydrogen-bond donors (Lipinski definition) is 1. The Balaban J connectivity index is 1.91. The van der Waals surface area contributed by atoms with Crippen LogP contribution in [0, 0.1) is 0 Å². The molecule has 0 bridgehead atoms. The minimum atomic E-state index is 0.560. The maximum Gasteiger partial charge on any atom is 0.119 e. The average molecular weight is 410 g/mol. The van der Waals surface area contributed by atoms with E-state index in [0.29, 0.717) is 46.2 Å². The zero-order valence-electron chi connectivity index (χ0n) is 18.8. The Morgan fingerprint density at radius 2 is 1.21 bits per heavy atom. The molecule has 168 valence electrons. The van der Waals surface area contributed by atoms with Crippen molar-refractivity contribution < 1.29 is 18.9 Å². The third-order valence-corrected chi connectivity index (χ3v) is 4.73. The van der Waals surface area contributed by atoms with Crippen molar-refractivity contribution in [2.24, 2.45) is 0 Å². The number of aryl methyl sites for hydroxylation is 1. The molecule has 0 amide bonds. The van der Waals surface area contributed by atoms with Gasteiger partial charge in [0.1, 0.15) is 12.4 Å². The van der Waals surface area contributed by atoms with Gasteiger partial charge in [0.25, 0.3) is 0 Å². The van der Waals surface area contributed by atoms with Gasteiger partial charge in [-0.05, 0) is 37.6 Å². The number of likely N-dealkylation sites (N-methyl/N-ethyl adjacent to an activating group) is 1. The first-order chi connectivity index (χ1) is 14.4. The SMILES string of the molecule is CCCCCCCCCc1ccc(OCCOCCOCCOCCNC)cc1. The highest BCUT2D eigenvalue weighted by molar-refractivity contribution is 5.27. The highest BCUT2D eigenvalue weighted by Crippen LogP contribution is 2.15. The van der Waals surface area contributed by atoms with Crippen LogP contribution >= 0.6 is 0 Å². The number of hydrogen-bond acceptors (Lipinski definition) is 5. The second-order valence-electron chi connectivity index (χ2n) is 7.30. The molecule has 1 rings (SSSR count). The number of unbranched alkanes of at least 4 members (excludes halogenated alkanes) is 6. The van der Waals surface area contributed by atoms with E-state index in [0.717, 1.165) is 18.7 Å². The molecule has 0 aliphatic rings. The summed E-state index contributed by atoms with van der Waals surface area (Å²) < 4.78 is 22.1. The lowest BCUT2D eigenvalue weighted by molar-refractivity contribution is 0.0100. The summed E-state index contributed by atoms with van der Waals surface area (Å²) in [6, 6.07) is 8.49. The molecule has 0 spiro atoms. The fourth-order valence-corrected chi connectivity index (χ4v) is 2.97. The lowest BCUT2D eigenvalue weighted by atomic mass is 10.0. The Bertz CT molecular complexity index is 453. The molecule has 0 radical (unpaired) electrons. The summed E-state index contributed by atoms with van der Waals surface area (Å²) in [4.78, 5) is 0. The van der Waals surface area contributed by atoms with Crippen LogP contribution in [0.15, 0.2) is 24.3 Å². The Hall–Kier alpha value is -1.14. The Kier molecular flexibility index (Phi) is 18.0. The first kappa shape index (κ1) is 25.9. The molecule has 0 atom stereocenters. The van der Waals surface area contributed by atoms with Crippen molar-refractivity contribution in [1.82, 2.24) is 5.32 Å². The quantitative estimate of drug-likeness (QED) is 0.300. The van der Waals surface area contributed by atoms with E-state index in [1.54, 1.807) is 0 Å². The summed E-state index contributed by atoms with van der Waals surface area (Å²) in [6.07, 6.45) is 10.6. The van der Waals surface area contributed by atoms with E-state index in [-0.39, 0.29) is 0 Å². The third kappa shape index (κ3) is 16.4. The second kappa shape index (κ2) is 20.1. The Labute approximate surface area is 178 Å². The first-order valence-electron chi connectivity index (χ1n) is 11.5. The number of rotatable bonds is 21. The molecule has 1 N–H and O–H groups in total. The molecule has 0 saturated heterocycles. The zero-order chi connectivity index (χ0) is 20.8. The van der Waals surface area contributed by atoms with Crippen LogP contribution in [0.4, 0.5) is 0 Å². The summed E-state index contributed by atoms with van der Waals surface area (Å²) >= 11 is 0. The van der Waals surface area contributed by atoms with Crippen LogP contribution in [-0.2, 0) is 20.6 Å². The molecule has 1 aromatic carbocycles. The van der Waals surface area contributed by atoms with E-state index < -0.39 is 0 Å². The average Bonchev–Trinajstić information content (AvgIpc) is 2.75. The van der Waals surface area contributed by atoms with Crippen molar-refractivity contribution in [3.05, 3.63) is 29.8 Å². The summed E-state index contributed by atoms with van der Waals surface area (Å²) in [5.41, 5.74) is 1.40. The molecule has 0 unspecified atom stereocenters. The smallest absolute Gasteiger partial charge is 0.119 e. The molecule has 0 fully saturated rings. The van der Waals surface area contributed by atoms with E-state index in [1.165, 1.54) is 50.5 Å². The lowest BCUT2D eigenvalue weighted by Crippen LogP contribution is -2.17. The topological polar surface area (TPSA) is 49.0 Å². The Morgan fingerprint density at radius 1 is 0.655 bits per heavy atom. The Morgan fingerprint density at radius 3 is 1.83 bits per heavy atom. The van der Waals surface area contributed by atoms with Crippen LogP contribution in [0.3, 0.4) is 0 Å². The molecule has 0 aliphatic heterocycles. The number of nitrogens with one attached hydrogen (secondary N) is 1. The van der Waals surface area contributed by atoms with Crippen LogP contribution in [0.2, 0.25) is 0 Å². The van der Waals surface area contributed by atoms with Crippen LogP contribution in [-0.4, -0.2) is 59.8 Å². The van der Waals surface area contributed by atoms with Gasteiger partial charge in [-0.3, -0.25) is 0 Å². The van der Waals surface area contributed by atoms with Gasteiger partial charge in [0.2, 0.25) is 0 Å². The highest BCUT2D eigenvalue weighted by atomic mass is 16.6. The van der Waals surface area contributed by atoms with Crippen molar-refractivity contribution in [3.63, 3.8) is 0 Å². The van der Waals surface area contributed by atoms with Crippen molar-refractivity contribution >= 4 is 0 Å². The number of benzene rings is 1. The predicted octanol–water partition coefficient (Wildman–Crippen LogP) is 4.63. The van der Waals surface area contributed by atoms with Gasteiger partial charge >= 0.3 is 0 Å². The summed E-state index contributed by atoms with van der Waals surface area (Å²) in [7, 11) is 1.91. The van der Waals surface area contributed by atoms with Gasteiger partial charge in [-0.2, -0.15) is 0 Å². The van der Waals surface area contributed by atoms with Gasteiger partial charge in [0.15, 0.2) is 0 Å². The maximum absolute atomic E-state index is 5.73. The largest absolute Gasteiger partial charge is 0.491 e. The van der Waals surface area contributed by atoms with Crippen LogP contribution in [0.25, 0.3) is 0 Å². The van der Waals surface area contributed by atoms with E-state index in [2.05, 4.69) is 36.5 Å². The van der Waals surface area contributed by atoms with E-state index >= 15 is 0 Å². The van der Waals surface area contributed by atoms with E-state index in [9.17, 15) is 0 Å². The van der Waals surface area contributed by atoms with Gasteiger partial charge in [0.05, 0.1) is 39.6 Å². The van der Waals surface area contributed by atoms with Crippen molar-refractivity contribution in [3.8, 4) is 5.75 Å². The number of ether oxygens (including phenoxy) is 4. The molecule has 0 aromatic heterocycles. The maximum atomic E-state index is 5.73. The zero-order valence-corrected chi connectivity index (χ0v) is 18.8. The molecule has 29 heavy (non-hydrogen) atoms. The summed E-state index contributed by atoms with van der Waals surface area (Å²) in [5.74, 6) is 0.909. The molecule has 0 aliphatic carbocycles. The summed E-state index contributed by atoms with van der Waals surface area (Å²) in [5, 5.41) is 3.03. The van der Waals surface area contributed by atoms with Gasteiger partial charge in [0, 0.05) is 6.54 Å². The molecule has 1 aromatic rings. The minimum absolute atomic E-state index is 0.560. The van der Waals surface area contributed by atoms with Crippen LogP contribution in [0.1, 0.15) is 57.4 Å². The second-order valence-corrected chi connectivity index (χ2v) is 7.30. The normalized spacial score (nSPS) is 11.1. The fourth-order valence-electron chi connectivity index (χ4n) is 2.97. The molecule has 5 nitrogen and oxygen atoms in total. The first-order valence-corrected chi connectivity index (χ1v) is 11.5. The van der Waals surface area contributed by atoms with Crippen molar-refractivity contribution in [1.29, 1.82) is 0 Å². The van der Waals surface area contributed by atoms with Gasteiger partial charge in [-0.25, -0.2) is 0 Å². The molecular formula is C24H43NO4. The standard InChI is InChI=1S/C24H43NO4/c1-3-4-5-6-7-8-9-10-23-11-13-24(14-12-23)29-22-21-28-20-19-27-18-17-26-16-15-25-2/h11-14,25H,3-10,15-22H2,1-2H3. The van der Waals surface area contributed by atoms with Crippen molar-refractivity contribution in [2.45, 2.75) is 58.3 Å². The molecule has 0 heterocycles. The van der Waals surface area contributed by atoms with Crippen molar-refractivity contribution in [2.75, 3.05) is 59.8 Å². The van der Waals surface area contributed by atoms with Gasteiger partial charge in [-0.15, -0.1) is 0 Å². The molecule has 5 heteroatoms. The monoisotopic (exact) mass is 409 g/mol. The van der Waals surface area contributed by atoms with Gasteiger partial charge in [-0.1, -0.05) is 57.6 Å². The third-order valence-electron chi connectivity index (χ3n) is 4.73. The predicted molar refractivity (Wildman–Crippen MR) is 120 cm³/mol. The summed E-state index contributed by atoms with van der Waals surface area (Å²) in [6.45, 7) is 7.38. The molecule has 0 saturated carbocycles. The van der Waals surface area contributed by atoms with E-state index in [4.69, 9.17) is 18.9 Å². The van der Waals surface area contributed by atoms with Crippen LogP contribution < -0.4 is 10.1 Å². The van der Waals surface area contributed by atoms with E-state index in [1.807, 2.05) is 7.05 Å². The minimum Gasteiger partial charge on any atom is -0.491 e. The molecular weight excluding hydrogens is 366 g/mol. The highest BCUT2D eigenvalue weighted by Gasteiger charge is 1.98. The fraction of sp³-hybridized carbons (Fsp3) is 0.750. The van der Waals surface area contributed by atoms with Gasteiger partial charge < -0.3 is 24.3 Å².